The van der Waals surface area contributed by atoms with Crippen molar-refractivity contribution in [2.75, 3.05) is 17.2 Å². The Morgan fingerprint density at radius 2 is 1.43 bits per heavy atom. The molecule has 7 heteroatoms. The molecule has 6 nitrogen and oxygen atoms in total. The molecule has 0 radical (unpaired) electrons. The van der Waals surface area contributed by atoms with E-state index in [1.54, 1.807) is 18.2 Å². The van der Waals surface area contributed by atoms with Crippen molar-refractivity contribution in [2.24, 2.45) is 0 Å². The first-order valence-corrected chi connectivity index (χ1v) is 10.4. The Kier molecular flexibility index (Phi) is 6.77. The van der Waals surface area contributed by atoms with Gasteiger partial charge in [0.05, 0.1) is 0 Å². The molecule has 0 atom stereocenters. The standard InChI is InChI=1S/C23H26ClN3O3/c1-15(28)26-20-11-17(12-21(13-20)27-16(2)29)22(30)25-14-23(9-3-4-10-23)18-5-7-19(24)8-6-18/h5-8,11-13H,3-4,9-10,14H2,1-2H3,(H,25,30)(H,26,28)(H,27,29). The molecule has 1 aliphatic rings. The number of hydrogen-bond acceptors (Lipinski definition) is 3. The van der Waals surface area contributed by atoms with E-state index in [1.807, 2.05) is 24.3 Å². The van der Waals surface area contributed by atoms with E-state index in [1.165, 1.54) is 19.4 Å². The number of anilines is 2. The van der Waals surface area contributed by atoms with E-state index in [9.17, 15) is 14.4 Å². The van der Waals surface area contributed by atoms with Crippen LogP contribution in [-0.2, 0) is 15.0 Å². The van der Waals surface area contributed by atoms with Crippen LogP contribution >= 0.6 is 11.6 Å². The third-order valence-electron chi connectivity index (χ3n) is 5.44. The zero-order valence-electron chi connectivity index (χ0n) is 17.2. The first-order chi connectivity index (χ1) is 14.3. The van der Waals surface area contributed by atoms with Crippen LogP contribution in [0.15, 0.2) is 42.5 Å². The lowest BCUT2D eigenvalue weighted by Gasteiger charge is -2.30. The zero-order chi connectivity index (χ0) is 21.7. The van der Waals surface area contributed by atoms with E-state index in [2.05, 4.69) is 16.0 Å². The van der Waals surface area contributed by atoms with Crippen molar-refractivity contribution in [2.45, 2.75) is 44.9 Å². The first kappa shape index (κ1) is 21.8. The fraction of sp³-hybridized carbons (Fsp3) is 0.348. The van der Waals surface area contributed by atoms with Gasteiger partial charge >= 0.3 is 0 Å². The molecule has 3 amide bonds. The Morgan fingerprint density at radius 1 is 0.900 bits per heavy atom. The molecule has 0 spiro atoms. The number of amides is 3. The van der Waals surface area contributed by atoms with Gasteiger partial charge in [0, 0.05) is 47.8 Å². The van der Waals surface area contributed by atoms with E-state index < -0.39 is 0 Å². The smallest absolute Gasteiger partial charge is 0.251 e. The Balaban J connectivity index is 1.80. The first-order valence-electron chi connectivity index (χ1n) is 10.0. The largest absolute Gasteiger partial charge is 0.351 e. The Hall–Kier alpha value is -2.86. The highest BCUT2D eigenvalue weighted by molar-refractivity contribution is 6.30. The van der Waals surface area contributed by atoms with Crippen molar-refractivity contribution in [3.05, 3.63) is 58.6 Å². The van der Waals surface area contributed by atoms with Crippen LogP contribution < -0.4 is 16.0 Å². The average molecular weight is 428 g/mol. The number of benzene rings is 2. The fourth-order valence-electron chi connectivity index (χ4n) is 4.08. The maximum absolute atomic E-state index is 12.9. The van der Waals surface area contributed by atoms with Crippen LogP contribution in [0, 0.1) is 0 Å². The third kappa shape index (κ3) is 5.39. The molecule has 1 fully saturated rings. The Bertz CT molecular complexity index is 916. The van der Waals surface area contributed by atoms with E-state index in [4.69, 9.17) is 11.6 Å². The molecule has 0 aromatic heterocycles. The fourth-order valence-corrected chi connectivity index (χ4v) is 4.21. The van der Waals surface area contributed by atoms with Crippen LogP contribution in [0.3, 0.4) is 0 Å². The Labute approximate surface area is 181 Å². The van der Waals surface area contributed by atoms with Crippen LogP contribution in [0.2, 0.25) is 5.02 Å². The van der Waals surface area contributed by atoms with Crippen molar-refractivity contribution in [1.29, 1.82) is 0 Å². The van der Waals surface area contributed by atoms with Crippen molar-refractivity contribution >= 4 is 40.7 Å². The van der Waals surface area contributed by atoms with Gasteiger partial charge in [-0.05, 0) is 48.7 Å². The van der Waals surface area contributed by atoms with Gasteiger partial charge in [-0.25, -0.2) is 0 Å². The average Bonchev–Trinajstić information content (AvgIpc) is 3.15. The van der Waals surface area contributed by atoms with Gasteiger partial charge in [0.2, 0.25) is 11.8 Å². The maximum Gasteiger partial charge on any atom is 0.251 e. The summed E-state index contributed by atoms with van der Waals surface area (Å²) in [5.41, 5.74) is 2.33. The highest BCUT2D eigenvalue weighted by atomic mass is 35.5. The number of carbonyl (C=O) groups is 3. The maximum atomic E-state index is 12.9. The molecule has 2 aromatic rings. The topological polar surface area (TPSA) is 87.3 Å². The molecular weight excluding hydrogens is 402 g/mol. The summed E-state index contributed by atoms with van der Waals surface area (Å²) in [5, 5.41) is 9.08. The van der Waals surface area contributed by atoms with Crippen molar-refractivity contribution in [3.8, 4) is 0 Å². The van der Waals surface area contributed by atoms with Crippen molar-refractivity contribution < 1.29 is 14.4 Å². The molecule has 0 aliphatic heterocycles. The van der Waals surface area contributed by atoms with Crippen LogP contribution in [0.1, 0.15) is 55.5 Å². The Morgan fingerprint density at radius 3 is 1.93 bits per heavy atom. The van der Waals surface area contributed by atoms with E-state index in [0.717, 1.165) is 25.7 Å². The second kappa shape index (κ2) is 9.30. The van der Waals surface area contributed by atoms with Crippen LogP contribution in [0.25, 0.3) is 0 Å². The molecule has 1 aliphatic carbocycles. The molecular formula is C23H26ClN3O3. The second-order valence-corrected chi connectivity index (χ2v) is 8.27. The van der Waals surface area contributed by atoms with Crippen molar-refractivity contribution in [3.63, 3.8) is 0 Å². The number of halogens is 1. The van der Waals surface area contributed by atoms with Crippen molar-refractivity contribution in [1.82, 2.24) is 5.32 Å². The summed E-state index contributed by atoms with van der Waals surface area (Å²) in [5.74, 6) is -0.767. The number of rotatable bonds is 6. The summed E-state index contributed by atoms with van der Waals surface area (Å²) in [4.78, 5) is 35.8. The number of hydrogen-bond donors (Lipinski definition) is 3. The third-order valence-corrected chi connectivity index (χ3v) is 5.69. The molecule has 30 heavy (non-hydrogen) atoms. The molecule has 1 saturated carbocycles. The lowest BCUT2D eigenvalue weighted by Crippen LogP contribution is -2.39. The molecule has 0 saturated heterocycles. The summed E-state index contributed by atoms with van der Waals surface area (Å²) in [6.45, 7) is 3.29. The van der Waals surface area contributed by atoms with Gasteiger partial charge in [-0.1, -0.05) is 36.6 Å². The van der Waals surface area contributed by atoms with Gasteiger partial charge in [0.1, 0.15) is 0 Å². The summed E-state index contributed by atoms with van der Waals surface area (Å²) >= 11 is 6.04. The molecule has 0 heterocycles. The normalized spacial score (nSPS) is 14.8. The minimum Gasteiger partial charge on any atom is -0.351 e. The van der Waals surface area contributed by atoms with Gasteiger partial charge in [0.25, 0.3) is 5.91 Å². The molecule has 3 N–H and O–H groups in total. The molecule has 0 unspecified atom stereocenters. The van der Waals surface area contributed by atoms with Gasteiger partial charge in [0.15, 0.2) is 0 Å². The summed E-state index contributed by atoms with van der Waals surface area (Å²) in [6, 6.07) is 12.7. The quantitative estimate of drug-likeness (QED) is 0.634. The molecule has 3 rings (SSSR count). The molecule has 158 valence electrons. The number of carbonyl (C=O) groups excluding carboxylic acids is 3. The monoisotopic (exact) mass is 427 g/mol. The predicted molar refractivity (Wildman–Crippen MR) is 119 cm³/mol. The highest BCUT2D eigenvalue weighted by Gasteiger charge is 2.36. The lowest BCUT2D eigenvalue weighted by molar-refractivity contribution is -0.115. The van der Waals surface area contributed by atoms with Crippen LogP contribution in [0.5, 0.6) is 0 Å². The highest BCUT2D eigenvalue weighted by Crippen LogP contribution is 2.41. The van der Waals surface area contributed by atoms with Gasteiger partial charge < -0.3 is 16.0 Å². The van der Waals surface area contributed by atoms with Crippen LogP contribution in [0.4, 0.5) is 11.4 Å². The van der Waals surface area contributed by atoms with Gasteiger partial charge in [-0.15, -0.1) is 0 Å². The molecule has 2 aromatic carbocycles. The number of nitrogens with one attached hydrogen (secondary N) is 3. The second-order valence-electron chi connectivity index (χ2n) is 7.84. The summed E-state index contributed by atoms with van der Waals surface area (Å²) in [6.07, 6.45) is 4.22. The van der Waals surface area contributed by atoms with Gasteiger partial charge in [-0.2, -0.15) is 0 Å². The SMILES string of the molecule is CC(=O)Nc1cc(NC(C)=O)cc(C(=O)NCC2(c3ccc(Cl)cc3)CCCC2)c1. The van der Waals surface area contributed by atoms with E-state index in [-0.39, 0.29) is 23.1 Å². The van der Waals surface area contributed by atoms with E-state index >= 15 is 0 Å². The zero-order valence-corrected chi connectivity index (χ0v) is 17.9. The van der Waals surface area contributed by atoms with Gasteiger partial charge in [-0.3, -0.25) is 14.4 Å². The summed E-state index contributed by atoms with van der Waals surface area (Å²) < 4.78 is 0. The van der Waals surface area contributed by atoms with E-state index in [0.29, 0.717) is 28.5 Å². The minimum atomic E-state index is -0.256. The van der Waals surface area contributed by atoms with Crippen LogP contribution in [-0.4, -0.2) is 24.3 Å². The predicted octanol–water partition coefficient (Wildman–Crippen LogP) is 4.50. The molecule has 0 bridgehead atoms. The summed E-state index contributed by atoms with van der Waals surface area (Å²) in [7, 11) is 0. The lowest BCUT2D eigenvalue weighted by atomic mass is 9.79. The minimum absolute atomic E-state index is 0.115.